The number of guanidine groups is 1. The van der Waals surface area contributed by atoms with Crippen LogP contribution in [0.25, 0.3) is 5.69 Å². The van der Waals surface area contributed by atoms with Crippen molar-refractivity contribution in [2.45, 2.75) is 13.0 Å². The molecule has 0 aliphatic rings. The van der Waals surface area contributed by atoms with Gasteiger partial charge in [-0.3, -0.25) is 4.99 Å². The highest BCUT2D eigenvalue weighted by atomic mass is 16.5. The first kappa shape index (κ1) is 18.5. The fraction of sp³-hybridized carbons (Fsp3) is 0.238. The highest BCUT2D eigenvalue weighted by molar-refractivity contribution is 5.79. The van der Waals surface area contributed by atoms with Gasteiger partial charge in [0.1, 0.15) is 5.75 Å². The summed E-state index contributed by atoms with van der Waals surface area (Å²) in [4.78, 5) is 4.28. The lowest BCUT2D eigenvalue weighted by Gasteiger charge is -2.13. The van der Waals surface area contributed by atoms with Gasteiger partial charge in [-0.15, -0.1) is 0 Å². The Bertz CT molecular complexity index is 857. The van der Waals surface area contributed by atoms with Gasteiger partial charge in [0.15, 0.2) is 5.96 Å². The molecule has 2 N–H and O–H groups in total. The van der Waals surface area contributed by atoms with Crippen molar-refractivity contribution in [3.05, 3.63) is 78.1 Å². The highest BCUT2D eigenvalue weighted by Gasteiger charge is 2.03. The van der Waals surface area contributed by atoms with Crippen molar-refractivity contribution in [2.24, 2.45) is 4.99 Å². The second-order valence-electron chi connectivity index (χ2n) is 6.03. The number of hydrogen-bond acceptors (Lipinski definition) is 3. The lowest BCUT2D eigenvalue weighted by molar-refractivity contribution is 0.409. The number of para-hydroxylation sites is 1. The normalized spacial score (nSPS) is 11.3. The van der Waals surface area contributed by atoms with Gasteiger partial charge in [0.2, 0.25) is 0 Å². The Morgan fingerprint density at radius 2 is 1.89 bits per heavy atom. The first-order valence-electron chi connectivity index (χ1n) is 8.95. The summed E-state index contributed by atoms with van der Waals surface area (Å²) in [7, 11) is 3.48. The lowest BCUT2D eigenvalue weighted by atomic mass is 10.1. The van der Waals surface area contributed by atoms with Crippen LogP contribution in [0.5, 0.6) is 5.75 Å². The minimum atomic E-state index is 0.702. The van der Waals surface area contributed by atoms with Crippen LogP contribution in [-0.2, 0) is 13.0 Å². The van der Waals surface area contributed by atoms with E-state index in [0.717, 1.165) is 30.4 Å². The molecule has 0 spiro atoms. The first-order valence-corrected chi connectivity index (χ1v) is 8.95. The summed E-state index contributed by atoms with van der Waals surface area (Å²) >= 11 is 0. The number of nitrogens with zero attached hydrogens (tertiary/aromatic N) is 3. The van der Waals surface area contributed by atoms with E-state index in [0.29, 0.717) is 6.54 Å². The zero-order valence-electron chi connectivity index (χ0n) is 15.7. The average Bonchev–Trinajstić information content (AvgIpc) is 3.26. The fourth-order valence-electron chi connectivity index (χ4n) is 2.82. The average molecular weight is 363 g/mol. The Morgan fingerprint density at radius 3 is 2.59 bits per heavy atom. The quantitative estimate of drug-likeness (QED) is 0.500. The van der Waals surface area contributed by atoms with Crippen molar-refractivity contribution in [3.8, 4) is 11.4 Å². The van der Waals surface area contributed by atoms with Crippen LogP contribution in [0.15, 0.2) is 72.0 Å². The van der Waals surface area contributed by atoms with Gasteiger partial charge < -0.3 is 15.4 Å². The van der Waals surface area contributed by atoms with Gasteiger partial charge in [-0.1, -0.05) is 30.3 Å². The number of aliphatic imine (C=N–C) groups is 1. The van der Waals surface area contributed by atoms with E-state index < -0.39 is 0 Å². The van der Waals surface area contributed by atoms with Crippen LogP contribution in [0.4, 0.5) is 0 Å². The largest absolute Gasteiger partial charge is 0.496 e. The Labute approximate surface area is 159 Å². The third-order valence-corrected chi connectivity index (χ3v) is 4.27. The van der Waals surface area contributed by atoms with Crippen LogP contribution >= 0.6 is 0 Å². The van der Waals surface area contributed by atoms with Gasteiger partial charge in [0.05, 0.1) is 12.8 Å². The van der Waals surface area contributed by atoms with Crippen molar-refractivity contribution in [2.75, 3.05) is 20.7 Å². The number of rotatable bonds is 7. The summed E-state index contributed by atoms with van der Waals surface area (Å²) in [5.41, 5.74) is 3.40. The van der Waals surface area contributed by atoms with Crippen LogP contribution in [0.1, 0.15) is 11.1 Å². The first-order chi connectivity index (χ1) is 13.3. The van der Waals surface area contributed by atoms with Crippen LogP contribution in [0.2, 0.25) is 0 Å². The second kappa shape index (κ2) is 9.43. The molecule has 3 aromatic rings. The smallest absolute Gasteiger partial charge is 0.191 e. The van der Waals surface area contributed by atoms with E-state index in [-0.39, 0.29) is 0 Å². The molecule has 0 atom stereocenters. The second-order valence-corrected chi connectivity index (χ2v) is 6.03. The standard InChI is InChI=1S/C21H25N5O/c1-22-21(23-14-12-18-6-3-4-7-20(18)27-2)24-16-17-8-10-19(11-9-17)26-15-5-13-25-26/h3-11,13,15H,12,14,16H2,1-2H3,(H2,22,23,24). The summed E-state index contributed by atoms with van der Waals surface area (Å²) in [6.45, 7) is 1.48. The number of aromatic nitrogens is 2. The van der Waals surface area contributed by atoms with Crippen LogP contribution in [0.3, 0.4) is 0 Å². The van der Waals surface area contributed by atoms with Gasteiger partial charge in [-0.2, -0.15) is 5.10 Å². The maximum absolute atomic E-state index is 5.39. The zero-order chi connectivity index (χ0) is 18.9. The third-order valence-electron chi connectivity index (χ3n) is 4.27. The molecule has 0 amide bonds. The van der Waals surface area contributed by atoms with Crippen molar-refractivity contribution < 1.29 is 4.74 Å². The monoisotopic (exact) mass is 363 g/mol. The predicted molar refractivity (Wildman–Crippen MR) is 108 cm³/mol. The fourth-order valence-corrected chi connectivity index (χ4v) is 2.82. The van der Waals surface area contributed by atoms with E-state index in [1.54, 1.807) is 20.4 Å². The summed E-state index contributed by atoms with van der Waals surface area (Å²) in [6.07, 6.45) is 4.57. The van der Waals surface area contributed by atoms with E-state index in [1.165, 1.54) is 11.1 Å². The Balaban J connectivity index is 1.48. The number of benzene rings is 2. The molecule has 3 rings (SSSR count). The van der Waals surface area contributed by atoms with Crippen molar-refractivity contribution >= 4 is 5.96 Å². The Hall–Kier alpha value is -3.28. The van der Waals surface area contributed by atoms with E-state index >= 15 is 0 Å². The predicted octanol–water partition coefficient (Wildman–Crippen LogP) is 2.79. The molecule has 0 bridgehead atoms. The number of methoxy groups -OCH3 is 1. The molecule has 0 aliphatic carbocycles. The molecule has 1 heterocycles. The van der Waals surface area contributed by atoms with E-state index in [9.17, 15) is 0 Å². The highest BCUT2D eigenvalue weighted by Crippen LogP contribution is 2.17. The molecular formula is C21H25N5O. The maximum atomic E-state index is 5.39. The van der Waals surface area contributed by atoms with Gasteiger partial charge in [-0.05, 0) is 41.8 Å². The molecule has 0 radical (unpaired) electrons. The van der Waals surface area contributed by atoms with Gasteiger partial charge in [0, 0.05) is 32.5 Å². The van der Waals surface area contributed by atoms with Crippen LogP contribution in [0, 0.1) is 0 Å². The van der Waals surface area contributed by atoms with E-state index in [1.807, 2.05) is 35.1 Å². The minimum Gasteiger partial charge on any atom is -0.496 e. The van der Waals surface area contributed by atoms with Gasteiger partial charge >= 0.3 is 0 Å². The molecule has 0 aliphatic heterocycles. The molecule has 0 unspecified atom stereocenters. The Kier molecular flexibility index (Phi) is 6.46. The zero-order valence-corrected chi connectivity index (χ0v) is 15.7. The lowest BCUT2D eigenvalue weighted by Crippen LogP contribution is -2.37. The molecule has 2 aromatic carbocycles. The molecular weight excluding hydrogens is 338 g/mol. The number of hydrogen-bond donors (Lipinski definition) is 2. The summed E-state index contributed by atoms with van der Waals surface area (Å²) < 4.78 is 7.23. The number of nitrogens with one attached hydrogen (secondary N) is 2. The SMILES string of the molecule is CN=C(NCCc1ccccc1OC)NCc1ccc(-n2cccn2)cc1. The molecule has 0 saturated heterocycles. The minimum absolute atomic E-state index is 0.702. The van der Waals surface area contributed by atoms with Crippen molar-refractivity contribution in [3.63, 3.8) is 0 Å². The maximum Gasteiger partial charge on any atom is 0.191 e. The summed E-state index contributed by atoms with van der Waals surface area (Å²) in [5, 5.41) is 10.9. The van der Waals surface area contributed by atoms with Crippen molar-refractivity contribution in [1.29, 1.82) is 0 Å². The molecule has 0 fully saturated rings. The van der Waals surface area contributed by atoms with E-state index in [2.05, 4.69) is 51.1 Å². The third kappa shape index (κ3) is 5.10. The van der Waals surface area contributed by atoms with Crippen LogP contribution < -0.4 is 15.4 Å². The Morgan fingerprint density at radius 1 is 1.07 bits per heavy atom. The molecule has 6 heteroatoms. The van der Waals surface area contributed by atoms with Crippen LogP contribution in [-0.4, -0.2) is 36.4 Å². The molecule has 6 nitrogen and oxygen atoms in total. The molecule has 140 valence electrons. The van der Waals surface area contributed by atoms with Gasteiger partial charge in [-0.25, -0.2) is 4.68 Å². The summed E-state index contributed by atoms with van der Waals surface area (Å²) in [6, 6.07) is 18.3. The molecule has 0 saturated carbocycles. The summed E-state index contributed by atoms with van der Waals surface area (Å²) in [5.74, 6) is 1.69. The van der Waals surface area contributed by atoms with E-state index in [4.69, 9.17) is 4.74 Å². The molecule has 27 heavy (non-hydrogen) atoms. The number of ether oxygens (including phenoxy) is 1. The molecule has 1 aromatic heterocycles. The van der Waals surface area contributed by atoms with Crippen molar-refractivity contribution in [1.82, 2.24) is 20.4 Å². The van der Waals surface area contributed by atoms with Gasteiger partial charge in [0.25, 0.3) is 0 Å². The topological polar surface area (TPSA) is 63.5 Å².